The second-order valence-corrected chi connectivity index (χ2v) is 9.34. The van der Waals surface area contributed by atoms with Crippen LogP contribution in [0.1, 0.15) is 21.9 Å². The largest absolute Gasteiger partial charge is 0.360 e. The summed E-state index contributed by atoms with van der Waals surface area (Å²) in [7, 11) is -3.72. The smallest absolute Gasteiger partial charge is 0.271 e. The van der Waals surface area contributed by atoms with Gasteiger partial charge in [0, 0.05) is 36.8 Å². The van der Waals surface area contributed by atoms with Gasteiger partial charge in [-0.1, -0.05) is 28.9 Å². The third-order valence-electron chi connectivity index (χ3n) is 5.02. The number of halogens is 1. The first-order valence-corrected chi connectivity index (χ1v) is 11.1. The Morgan fingerprint density at radius 3 is 2.53 bits per heavy atom. The van der Waals surface area contributed by atoms with Gasteiger partial charge >= 0.3 is 0 Å². The molecule has 1 fully saturated rings. The van der Waals surface area contributed by atoms with Gasteiger partial charge in [0.25, 0.3) is 5.91 Å². The summed E-state index contributed by atoms with van der Waals surface area (Å²) < 4.78 is 32.2. The maximum Gasteiger partial charge on any atom is 0.271 e. The van der Waals surface area contributed by atoms with Crippen molar-refractivity contribution in [1.82, 2.24) is 24.6 Å². The van der Waals surface area contributed by atoms with Crippen molar-refractivity contribution < 1.29 is 17.7 Å². The number of carbonyl (C=O) groups excluding carboxylic acids is 1. The van der Waals surface area contributed by atoms with Crippen molar-refractivity contribution in [3.63, 3.8) is 0 Å². The number of rotatable bonds is 4. The van der Waals surface area contributed by atoms with Crippen LogP contribution in [0.3, 0.4) is 0 Å². The summed E-state index contributed by atoms with van der Waals surface area (Å²) in [6.07, 6.45) is 0. The SMILES string of the molecule is Cc1noc(C)c1S(=O)(=O)N1CCN(C(=O)c2cc(-c3cccc(Cl)c3)n[nH]2)CC1. The van der Waals surface area contributed by atoms with Crippen molar-refractivity contribution in [3.8, 4) is 11.3 Å². The van der Waals surface area contributed by atoms with Crippen LogP contribution >= 0.6 is 11.6 Å². The van der Waals surface area contributed by atoms with Crippen molar-refractivity contribution >= 4 is 27.5 Å². The van der Waals surface area contributed by atoms with E-state index in [4.69, 9.17) is 16.1 Å². The molecule has 1 saturated heterocycles. The standard InChI is InChI=1S/C19H20ClN5O4S/c1-12-18(13(2)29-23-12)30(27,28)25-8-6-24(7-9-25)19(26)17-11-16(21-22-17)14-4-3-5-15(20)10-14/h3-5,10-11H,6-9H2,1-2H3,(H,21,22). The molecule has 158 valence electrons. The Morgan fingerprint density at radius 1 is 1.17 bits per heavy atom. The first-order valence-electron chi connectivity index (χ1n) is 9.31. The predicted molar refractivity (Wildman–Crippen MR) is 110 cm³/mol. The number of nitrogens with zero attached hydrogens (tertiary/aromatic N) is 4. The summed E-state index contributed by atoms with van der Waals surface area (Å²) in [5, 5.41) is 11.3. The molecule has 30 heavy (non-hydrogen) atoms. The van der Waals surface area contributed by atoms with Crippen molar-refractivity contribution in [2.24, 2.45) is 0 Å². The van der Waals surface area contributed by atoms with Crippen molar-refractivity contribution in [2.75, 3.05) is 26.2 Å². The number of amides is 1. The Balaban J connectivity index is 1.45. The average Bonchev–Trinajstić information content (AvgIpc) is 3.34. The number of H-pyrrole nitrogens is 1. The Morgan fingerprint density at radius 2 is 1.90 bits per heavy atom. The number of hydrogen-bond acceptors (Lipinski definition) is 6. The number of sulfonamides is 1. The number of aromatic nitrogens is 3. The molecule has 3 heterocycles. The van der Waals surface area contributed by atoms with Crippen LogP contribution in [0, 0.1) is 13.8 Å². The van der Waals surface area contributed by atoms with E-state index >= 15 is 0 Å². The molecular weight excluding hydrogens is 430 g/mol. The number of nitrogens with one attached hydrogen (secondary N) is 1. The zero-order valence-corrected chi connectivity index (χ0v) is 18.0. The minimum atomic E-state index is -3.72. The summed E-state index contributed by atoms with van der Waals surface area (Å²) in [5.74, 6) is 0.0298. The van der Waals surface area contributed by atoms with Gasteiger partial charge in [-0.3, -0.25) is 9.89 Å². The molecule has 0 unspecified atom stereocenters. The molecule has 4 rings (SSSR count). The highest BCUT2D eigenvalue weighted by Gasteiger charge is 2.34. The van der Waals surface area contributed by atoms with Gasteiger partial charge in [-0.05, 0) is 32.0 Å². The molecule has 9 nitrogen and oxygen atoms in total. The van der Waals surface area contributed by atoms with Crippen molar-refractivity contribution in [1.29, 1.82) is 0 Å². The zero-order chi connectivity index (χ0) is 21.5. The van der Waals surface area contributed by atoms with E-state index in [0.29, 0.717) is 22.1 Å². The molecule has 0 aliphatic carbocycles. The van der Waals surface area contributed by atoms with Crippen LogP contribution in [0.15, 0.2) is 39.8 Å². The van der Waals surface area contributed by atoms with Gasteiger partial charge in [-0.15, -0.1) is 0 Å². The third kappa shape index (κ3) is 3.73. The fourth-order valence-corrected chi connectivity index (χ4v) is 5.40. The van der Waals surface area contributed by atoms with Gasteiger partial charge in [0.2, 0.25) is 10.0 Å². The molecule has 0 atom stereocenters. The normalized spacial score (nSPS) is 15.5. The molecule has 0 radical (unpaired) electrons. The van der Waals surface area contributed by atoms with Crippen LogP contribution < -0.4 is 0 Å². The summed E-state index contributed by atoms with van der Waals surface area (Å²) in [6.45, 7) is 4.09. The lowest BCUT2D eigenvalue weighted by Crippen LogP contribution is -2.50. The van der Waals surface area contributed by atoms with Crippen LogP contribution in [-0.4, -0.2) is 65.1 Å². The number of piperazine rings is 1. The lowest BCUT2D eigenvalue weighted by Gasteiger charge is -2.33. The van der Waals surface area contributed by atoms with Gasteiger partial charge < -0.3 is 9.42 Å². The molecule has 1 aliphatic rings. The molecule has 0 spiro atoms. The Hall–Kier alpha value is -2.69. The summed E-state index contributed by atoms with van der Waals surface area (Å²) in [4.78, 5) is 14.5. The molecule has 3 aromatic rings. The van der Waals surface area contributed by atoms with E-state index in [9.17, 15) is 13.2 Å². The van der Waals surface area contributed by atoms with E-state index in [1.807, 2.05) is 12.1 Å². The third-order valence-corrected chi connectivity index (χ3v) is 7.40. The Kier molecular flexibility index (Phi) is 5.39. The number of carbonyl (C=O) groups is 1. The Bertz CT molecular complexity index is 1180. The molecule has 1 aromatic carbocycles. The number of aryl methyl sites for hydroxylation is 2. The fraction of sp³-hybridized carbons (Fsp3) is 0.316. The molecule has 2 aromatic heterocycles. The lowest BCUT2D eigenvalue weighted by atomic mass is 10.1. The van der Waals surface area contributed by atoms with Crippen LogP contribution in [0.5, 0.6) is 0 Å². The number of aromatic amines is 1. The summed E-state index contributed by atoms with van der Waals surface area (Å²) in [5.41, 5.74) is 2.08. The van der Waals surface area contributed by atoms with E-state index in [2.05, 4.69) is 15.4 Å². The average molecular weight is 450 g/mol. The minimum absolute atomic E-state index is 0.0991. The molecular formula is C19H20ClN5O4S. The summed E-state index contributed by atoms with van der Waals surface area (Å²) >= 11 is 6.02. The Labute approximate surface area is 178 Å². The highest BCUT2D eigenvalue weighted by Crippen LogP contribution is 2.25. The van der Waals surface area contributed by atoms with Crippen LogP contribution in [0.2, 0.25) is 5.02 Å². The van der Waals surface area contributed by atoms with Gasteiger partial charge in [-0.25, -0.2) is 8.42 Å². The molecule has 0 saturated carbocycles. The van der Waals surface area contributed by atoms with E-state index in [1.165, 1.54) is 4.31 Å². The topological polar surface area (TPSA) is 112 Å². The number of hydrogen-bond donors (Lipinski definition) is 1. The van der Waals surface area contributed by atoms with E-state index in [0.717, 1.165) is 5.56 Å². The minimum Gasteiger partial charge on any atom is -0.360 e. The first kappa shape index (κ1) is 20.6. The van der Waals surface area contributed by atoms with E-state index in [-0.39, 0.29) is 42.7 Å². The molecule has 0 bridgehead atoms. The molecule has 1 N–H and O–H groups in total. The molecule has 11 heteroatoms. The van der Waals surface area contributed by atoms with Crippen molar-refractivity contribution in [3.05, 3.63) is 52.5 Å². The van der Waals surface area contributed by atoms with Gasteiger partial charge in [-0.2, -0.15) is 9.40 Å². The highest BCUT2D eigenvalue weighted by atomic mass is 35.5. The van der Waals surface area contributed by atoms with Crippen LogP contribution in [0.4, 0.5) is 0 Å². The van der Waals surface area contributed by atoms with Gasteiger partial charge in [0.15, 0.2) is 5.76 Å². The zero-order valence-electron chi connectivity index (χ0n) is 16.4. The molecule has 1 amide bonds. The second-order valence-electron chi connectivity index (χ2n) is 7.03. The van der Waals surface area contributed by atoms with Crippen molar-refractivity contribution in [2.45, 2.75) is 18.7 Å². The highest BCUT2D eigenvalue weighted by molar-refractivity contribution is 7.89. The summed E-state index contributed by atoms with van der Waals surface area (Å²) in [6, 6.07) is 8.87. The quantitative estimate of drug-likeness (QED) is 0.654. The predicted octanol–water partition coefficient (Wildman–Crippen LogP) is 2.48. The maximum absolute atomic E-state index is 12.9. The van der Waals surface area contributed by atoms with E-state index < -0.39 is 10.0 Å². The molecule has 1 aliphatic heterocycles. The maximum atomic E-state index is 12.9. The van der Waals surface area contributed by atoms with Crippen LogP contribution in [-0.2, 0) is 10.0 Å². The second kappa shape index (κ2) is 7.86. The number of benzene rings is 1. The fourth-order valence-electron chi connectivity index (χ4n) is 3.50. The van der Waals surface area contributed by atoms with Crippen LogP contribution in [0.25, 0.3) is 11.3 Å². The lowest BCUT2D eigenvalue weighted by molar-refractivity contribution is 0.0692. The van der Waals surface area contributed by atoms with Gasteiger partial charge in [0.05, 0.1) is 5.69 Å². The first-order chi connectivity index (χ1) is 14.3. The van der Waals surface area contributed by atoms with Gasteiger partial charge in [0.1, 0.15) is 16.3 Å². The monoisotopic (exact) mass is 449 g/mol. The van der Waals surface area contributed by atoms with E-state index in [1.54, 1.807) is 36.9 Å².